The monoisotopic (exact) mass is 1370 g/mol. The third-order valence-corrected chi connectivity index (χ3v) is 12.8. The molecule has 24 heteroatoms. The predicted octanol–water partition coefficient (Wildman–Crippen LogP) is 12.6. The van der Waals surface area contributed by atoms with Gasteiger partial charge in [-0.05, 0) is 223 Å². The maximum Gasteiger partial charge on any atom is 0.414 e. The Morgan fingerprint density at radius 2 is 0.684 bits per heavy atom. The van der Waals surface area contributed by atoms with Gasteiger partial charge in [-0.25, -0.2) is 24.0 Å². The summed E-state index contributed by atoms with van der Waals surface area (Å²) < 4.78 is 20.7. The lowest BCUT2D eigenvalue weighted by Gasteiger charge is -2.22. The number of unbranched alkanes of at least 4 members (excludes halogenated alkanes) is 3. The average Bonchev–Trinajstić information content (AvgIpc) is 0.972. The van der Waals surface area contributed by atoms with E-state index in [0.717, 1.165) is 88.2 Å². The summed E-state index contributed by atoms with van der Waals surface area (Å²) in [6, 6.07) is 31.0. The molecule has 0 spiro atoms. The van der Waals surface area contributed by atoms with Crippen molar-refractivity contribution in [3.8, 4) is 0 Å². The second kappa shape index (κ2) is 50.3. The molecule has 0 aliphatic heterocycles. The number of aliphatic imine (C=N–C) groups is 3. The van der Waals surface area contributed by atoms with E-state index in [2.05, 4.69) is 95.4 Å². The van der Waals surface area contributed by atoms with E-state index >= 15 is 0 Å². The van der Waals surface area contributed by atoms with Gasteiger partial charge in [-0.1, -0.05) is 109 Å². The van der Waals surface area contributed by atoms with Gasteiger partial charge in [0.15, 0.2) is 5.96 Å². The van der Waals surface area contributed by atoms with Crippen LogP contribution in [0.4, 0.5) is 19.2 Å². The standard InChI is InChI=1S/C28H44N4O5.C18H28N4O.C14H28N4O4.C14H18O2/c1-8-22(18-13-12-17-21-15-10-9-11-16-21)23(33)29-19-14-20-30-24(31-25(34)36-27(2,3)4)32-26(35)37-28(5,6)7;1-2-16(17(23)21-13-8-14-22-18(19)20)12-7-6-11-15-9-4-3-5-10-15;1-13(2,3)21-11(19)17-10(16-9-7-8-15)18-12(20)22-14(4,5)6;1-2-13(14(15)16)11-7-6-10-12-8-4-3-5-9-12/h8-11,15-16H,12-14,17-20H2,1-7H3,(H,29,33)(H2,30,31,32,34,35);2-5,9-10H,6-8,11-14H2,1H3,(H,21,23)(H4,19,20,22);7-9,15H2,1-6H3,(H2,16,17,18,19,20);2-5,8-9H,6-7,10-11H2,1H3,(H,15,16)/b22-8+;16-2+;;13-2+. The van der Waals surface area contributed by atoms with E-state index in [9.17, 15) is 33.6 Å². The number of carbonyl (C=O) groups is 7. The number of guanidine groups is 3. The minimum Gasteiger partial charge on any atom is -0.478 e. The highest BCUT2D eigenvalue weighted by Crippen LogP contribution is 2.16. The van der Waals surface area contributed by atoms with Crippen molar-refractivity contribution in [2.24, 2.45) is 32.2 Å². The lowest BCUT2D eigenvalue weighted by molar-refractivity contribution is -0.132. The van der Waals surface area contributed by atoms with E-state index in [1.807, 2.05) is 68.5 Å². The summed E-state index contributed by atoms with van der Waals surface area (Å²) in [5.74, 6) is -0.896. The Balaban J connectivity index is 0.00000134. The van der Waals surface area contributed by atoms with Gasteiger partial charge in [-0.2, -0.15) is 0 Å². The van der Waals surface area contributed by atoms with E-state index in [1.165, 1.54) is 16.7 Å². The van der Waals surface area contributed by atoms with Crippen molar-refractivity contribution < 1.29 is 57.6 Å². The third-order valence-electron chi connectivity index (χ3n) is 12.8. The molecule has 0 saturated carbocycles. The summed E-state index contributed by atoms with van der Waals surface area (Å²) in [6.45, 7) is 28.9. The Bertz CT molecular complexity index is 2930. The largest absolute Gasteiger partial charge is 0.478 e. The van der Waals surface area contributed by atoms with E-state index < -0.39 is 52.7 Å². The van der Waals surface area contributed by atoms with E-state index in [1.54, 1.807) is 96.1 Å². The highest BCUT2D eigenvalue weighted by atomic mass is 16.6. The van der Waals surface area contributed by atoms with Crippen LogP contribution in [0.2, 0.25) is 0 Å². The first-order chi connectivity index (χ1) is 46.1. The van der Waals surface area contributed by atoms with Gasteiger partial charge in [0, 0.05) is 49.4 Å². The molecule has 3 rings (SSSR count). The molecular weight excluding hydrogens is 1250 g/mol. The number of carbonyl (C=O) groups excluding carboxylic acids is 6. The van der Waals surface area contributed by atoms with Gasteiger partial charge in [0.05, 0.1) is 0 Å². The number of aliphatic carboxylic acids is 1. The summed E-state index contributed by atoms with van der Waals surface area (Å²) in [5, 5.41) is 24.3. The molecule has 0 unspecified atom stereocenters. The molecule has 24 nitrogen and oxygen atoms in total. The lowest BCUT2D eigenvalue weighted by Crippen LogP contribution is -2.47. The number of benzene rings is 3. The maximum atomic E-state index is 12.5. The summed E-state index contributed by atoms with van der Waals surface area (Å²) in [5.41, 5.74) is 19.2. The van der Waals surface area contributed by atoms with Crippen LogP contribution in [0.15, 0.2) is 141 Å². The van der Waals surface area contributed by atoms with Crippen molar-refractivity contribution >= 4 is 60.0 Å². The number of hydrogen-bond donors (Lipinski definition) is 10. The van der Waals surface area contributed by atoms with Crippen LogP contribution in [0, 0.1) is 0 Å². The molecule has 0 aliphatic carbocycles. The molecule has 0 fully saturated rings. The smallest absolute Gasteiger partial charge is 0.414 e. The second-order valence-electron chi connectivity index (χ2n) is 26.5. The molecule has 0 heterocycles. The molecule has 546 valence electrons. The number of nitrogens with one attached hydrogen (secondary N) is 6. The molecule has 3 aromatic carbocycles. The second-order valence-corrected chi connectivity index (χ2v) is 26.5. The predicted molar refractivity (Wildman–Crippen MR) is 393 cm³/mol. The minimum atomic E-state index is -0.790. The fourth-order valence-electron chi connectivity index (χ4n) is 8.31. The van der Waals surface area contributed by atoms with Crippen LogP contribution in [0.25, 0.3) is 0 Å². The van der Waals surface area contributed by atoms with Crippen LogP contribution < -0.4 is 49.1 Å². The number of amides is 6. The van der Waals surface area contributed by atoms with E-state index in [0.29, 0.717) is 57.6 Å². The average molecular weight is 1370 g/mol. The summed E-state index contributed by atoms with van der Waals surface area (Å²) >= 11 is 0. The van der Waals surface area contributed by atoms with Gasteiger partial charge < -0.3 is 51.9 Å². The molecule has 0 aromatic heterocycles. The SMILES string of the molecule is C/C=C(\CCCCc1ccccc1)C(=O)NCCCN=C(N)N.C/C=C(\CCCCc1ccccc1)C(=O)NCCCN=C(NC(=O)OC(C)(C)C)NC(=O)OC(C)(C)C.C/C=C(\CCCCc1ccccc1)C(=O)O.CC(C)(C)OC(=O)NC(=NCCCN)NC(=O)OC(C)(C)C. The molecule has 98 heavy (non-hydrogen) atoms. The fourth-order valence-corrected chi connectivity index (χ4v) is 8.31. The minimum absolute atomic E-state index is 0.0110. The van der Waals surface area contributed by atoms with Crippen LogP contribution in [0.3, 0.4) is 0 Å². The van der Waals surface area contributed by atoms with E-state index in [4.69, 9.17) is 41.3 Å². The van der Waals surface area contributed by atoms with Crippen LogP contribution in [-0.4, -0.2) is 127 Å². The number of carboxylic acids is 1. The van der Waals surface area contributed by atoms with E-state index in [-0.39, 0.29) is 36.2 Å². The highest BCUT2D eigenvalue weighted by molar-refractivity contribution is 6.02. The van der Waals surface area contributed by atoms with Crippen molar-refractivity contribution in [2.45, 2.75) is 223 Å². The van der Waals surface area contributed by atoms with Gasteiger partial charge >= 0.3 is 30.3 Å². The Morgan fingerprint density at radius 1 is 0.408 bits per heavy atom. The molecule has 13 N–H and O–H groups in total. The Hall–Kier alpha value is -9.06. The van der Waals surface area contributed by atoms with Crippen LogP contribution in [0.5, 0.6) is 0 Å². The lowest BCUT2D eigenvalue weighted by atomic mass is 10.0. The van der Waals surface area contributed by atoms with Gasteiger partial charge in [0.1, 0.15) is 22.4 Å². The van der Waals surface area contributed by atoms with Crippen molar-refractivity contribution in [3.63, 3.8) is 0 Å². The number of aryl methyl sites for hydroxylation is 3. The van der Waals surface area contributed by atoms with Gasteiger partial charge in [0.25, 0.3) is 0 Å². The van der Waals surface area contributed by atoms with Gasteiger partial charge in [-0.15, -0.1) is 0 Å². The Labute approximate surface area is 583 Å². The number of alkyl carbamates (subject to hydrolysis) is 4. The van der Waals surface area contributed by atoms with Gasteiger partial charge in [-0.3, -0.25) is 45.8 Å². The first-order valence-corrected chi connectivity index (χ1v) is 33.8. The summed E-state index contributed by atoms with van der Waals surface area (Å²) in [7, 11) is 0. The van der Waals surface area contributed by atoms with Crippen LogP contribution >= 0.6 is 0 Å². The van der Waals surface area contributed by atoms with Crippen molar-refractivity contribution in [3.05, 3.63) is 143 Å². The van der Waals surface area contributed by atoms with Crippen molar-refractivity contribution in [1.82, 2.24) is 31.9 Å². The molecule has 0 aliphatic rings. The first-order valence-electron chi connectivity index (χ1n) is 33.8. The first kappa shape index (κ1) is 88.9. The number of hydrogen-bond acceptors (Lipinski definition) is 15. The number of carboxylic acid groups (broad SMARTS) is 1. The maximum absolute atomic E-state index is 12.5. The zero-order chi connectivity index (χ0) is 74.0. The molecule has 0 bridgehead atoms. The molecule has 6 amide bonds. The highest BCUT2D eigenvalue weighted by Gasteiger charge is 2.23. The molecular formula is C74H118N12O12. The molecule has 0 radical (unpaired) electrons. The Kier molecular flexibility index (Phi) is 45.7. The van der Waals surface area contributed by atoms with Crippen LogP contribution in [0.1, 0.15) is 198 Å². The number of rotatable bonds is 29. The van der Waals surface area contributed by atoms with Gasteiger partial charge in [0.2, 0.25) is 23.7 Å². The topological polar surface area (TPSA) is 364 Å². The third kappa shape index (κ3) is 52.2. The molecule has 3 aromatic rings. The molecule has 0 atom stereocenters. The quantitative estimate of drug-likeness (QED) is 0.0101. The van der Waals surface area contributed by atoms with Crippen molar-refractivity contribution in [2.75, 3.05) is 39.3 Å². The number of nitrogens with two attached hydrogens (primary N) is 3. The number of ether oxygens (including phenoxy) is 4. The van der Waals surface area contributed by atoms with Crippen molar-refractivity contribution in [1.29, 1.82) is 0 Å². The normalized spacial score (nSPS) is 11.5. The number of nitrogens with zero attached hydrogens (tertiary/aromatic N) is 3. The summed E-state index contributed by atoms with van der Waals surface area (Å²) in [6.07, 6.45) is 15.6. The molecule has 0 saturated heterocycles. The summed E-state index contributed by atoms with van der Waals surface area (Å²) in [4.78, 5) is 95.3. The van der Waals surface area contributed by atoms with Crippen LogP contribution in [-0.2, 0) is 52.6 Å². The Morgan fingerprint density at radius 3 is 0.939 bits per heavy atom. The fraction of sp³-hybridized carbons (Fsp3) is 0.541. The number of allylic oxidation sites excluding steroid dienone is 3. The zero-order valence-corrected chi connectivity index (χ0v) is 61.3. The zero-order valence-electron chi connectivity index (χ0n) is 61.3.